The van der Waals surface area contributed by atoms with Crippen molar-refractivity contribution >= 4 is 5.84 Å². The number of nitrogens with one attached hydrogen (secondary N) is 1. The third-order valence-corrected chi connectivity index (χ3v) is 2.63. The normalized spacial score (nSPS) is 13.5. The zero-order valence-electron chi connectivity index (χ0n) is 11.2. The number of hydrogen-bond acceptors (Lipinski definition) is 4. The second-order valence-electron chi connectivity index (χ2n) is 4.52. The molecular weight excluding hydrogens is 249 g/mol. The molecule has 4 N–H and O–H groups in total. The van der Waals surface area contributed by atoms with Crippen LogP contribution < -0.4 is 11.1 Å². The monoisotopic (exact) mass is 269 g/mol. The first-order valence-electron chi connectivity index (χ1n) is 6.03. The molecular formula is C13H20FN3O2. The lowest BCUT2D eigenvalue weighted by Gasteiger charge is -2.12. The predicted octanol–water partition coefficient (Wildman–Crippen LogP) is 1.29. The van der Waals surface area contributed by atoms with E-state index < -0.39 is 5.82 Å². The predicted molar refractivity (Wildman–Crippen MR) is 71.7 cm³/mol. The summed E-state index contributed by atoms with van der Waals surface area (Å²) in [6, 6.07) is 4.33. The molecule has 106 valence electrons. The highest BCUT2D eigenvalue weighted by Gasteiger charge is 2.06. The van der Waals surface area contributed by atoms with Crippen molar-refractivity contribution in [3.63, 3.8) is 0 Å². The fraction of sp³-hybridized carbons (Fsp3) is 0.462. The highest BCUT2D eigenvalue weighted by atomic mass is 19.1. The van der Waals surface area contributed by atoms with Crippen molar-refractivity contribution in [2.45, 2.75) is 13.5 Å². The van der Waals surface area contributed by atoms with Gasteiger partial charge in [-0.1, -0.05) is 12.1 Å². The standard InChI is InChI=1S/C13H20FN3O2/c1-9(8-19-2)6-16-7-10-3-11(13(15)17-18)5-12(14)4-10/h3-5,9,16,18H,6-8H2,1-2H3,(H2,15,17). The van der Waals surface area contributed by atoms with Gasteiger partial charge < -0.3 is 21.0 Å². The lowest BCUT2D eigenvalue weighted by molar-refractivity contribution is 0.158. The summed E-state index contributed by atoms with van der Waals surface area (Å²) in [7, 11) is 1.66. The number of ether oxygens (including phenoxy) is 1. The minimum absolute atomic E-state index is 0.103. The molecule has 19 heavy (non-hydrogen) atoms. The largest absolute Gasteiger partial charge is 0.409 e. The van der Waals surface area contributed by atoms with Crippen LogP contribution in [0.4, 0.5) is 4.39 Å². The van der Waals surface area contributed by atoms with Gasteiger partial charge in [-0.2, -0.15) is 0 Å². The average molecular weight is 269 g/mol. The van der Waals surface area contributed by atoms with Crippen LogP contribution in [0.1, 0.15) is 18.1 Å². The number of nitrogens with two attached hydrogens (primary N) is 1. The smallest absolute Gasteiger partial charge is 0.170 e. The summed E-state index contributed by atoms with van der Waals surface area (Å²) < 4.78 is 18.4. The first kappa shape index (κ1) is 15.4. The number of halogens is 1. The van der Waals surface area contributed by atoms with Crippen LogP contribution in [-0.4, -0.2) is 31.3 Å². The number of methoxy groups -OCH3 is 1. The fourth-order valence-corrected chi connectivity index (χ4v) is 1.76. The molecule has 1 atom stereocenters. The lowest BCUT2D eigenvalue weighted by Crippen LogP contribution is -2.23. The number of amidine groups is 1. The van der Waals surface area contributed by atoms with E-state index in [0.717, 1.165) is 12.1 Å². The van der Waals surface area contributed by atoms with E-state index in [0.29, 0.717) is 24.6 Å². The van der Waals surface area contributed by atoms with Gasteiger partial charge >= 0.3 is 0 Å². The van der Waals surface area contributed by atoms with E-state index in [2.05, 4.69) is 17.4 Å². The molecule has 0 aliphatic carbocycles. The van der Waals surface area contributed by atoms with Gasteiger partial charge in [0.1, 0.15) is 5.82 Å². The molecule has 0 aliphatic rings. The zero-order chi connectivity index (χ0) is 14.3. The van der Waals surface area contributed by atoms with Crippen LogP contribution in [0.3, 0.4) is 0 Å². The van der Waals surface area contributed by atoms with Crippen molar-refractivity contribution in [1.29, 1.82) is 0 Å². The Labute approximate surface area is 112 Å². The molecule has 5 nitrogen and oxygen atoms in total. The van der Waals surface area contributed by atoms with E-state index in [9.17, 15) is 4.39 Å². The Morgan fingerprint density at radius 3 is 2.89 bits per heavy atom. The minimum Gasteiger partial charge on any atom is -0.409 e. The summed E-state index contributed by atoms with van der Waals surface area (Å²) in [6.07, 6.45) is 0. The molecule has 0 saturated carbocycles. The van der Waals surface area contributed by atoms with Gasteiger partial charge in [0.15, 0.2) is 5.84 Å². The molecule has 0 heterocycles. The molecule has 0 aromatic heterocycles. The Morgan fingerprint density at radius 1 is 1.53 bits per heavy atom. The highest BCUT2D eigenvalue weighted by Crippen LogP contribution is 2.09. The molecule has 1 rings (SSSR count). The molecule has 0 bridgehead atoms. The Balaban J connectivity index is 2.61. The molecule has 1 unspecified atom stereocenters. The second-order valence-corrected chi connectivity index (χ2v) is 4.52. The quantitative estimate of drug-likeness (QED) is 0.301. The van der Waals surface area contributed by atoms with Gasteiger partial charge in [0, 0.05) is 32.4 Å². The van der Waals surface area contributed by atoms with Gasteiger partial charge in [-0.25, -0.2) is 4.39 Å². The van der Waals surface area contributed by atoms with E-state index >= 15 is 0 Å². The van der Waals surface area contributed by atoms with Crippen LogP contribution in [0, 0.1) is 11.7 Å². The van der Waals surface area contributed by atoms with Crippen molar-refractivity contribution in [1.82, 2.24) is 5.32 Å². The second kappa shape index (κ2) is 7.70. The maximum atomic E-state index is 13.4. The molecule has 0 aliphatic heterocycles. The van der Waals surface area contributed by atoms with E-state index in [1.54, 1.807) is 13.2 Å². The van der Waals surface area contributed by atoms with Gasteiger partial charge in [-0.15, -0.1) is 0 Å². The van der Waals surface area contributed by atoms with Crippen molar-refractivity contribution in [3.8, 4) is 0 Å². The van der Waals surface area contributed by atoms with Crippen LogP contribution in [-0.2, 0) is 11.3 Å². The van der Waals surface area contributed by atoms with Crippen molar-refractivity contribution in [2.24, 2.45) is 16.8 Å². The van der Waals surface area contributed by atoms with Crippen LogP contribution in [0.5, 0.6) is 0 Å². The Bertz CT molecular complexity index is 438. The number of nitrogens with zero attached hydrogens (tertiary/aromatic N) is 1. The number of oxime groups is 1. The van der Waals surface area contributed by atoms with Crippen LogP contribution in [0.15, 0.2) is 23.4 Å². The van der Waals surface area contributed by atoms with Crippen molar-refractivity contribution < 1.29 is 14.3 Å². The molecule has 0 amide bonds. The molecule has 1 aromatic rings. The Kier molecular flexibility index (Phi) is 6.24. The van der Waals surface area contributed by atoms with Gasteiger partial charge in [0.2, 0.25) is 0 Å². The van der Waals surface area contributed by atoms with Gasteiger partial charge in [0.25, 0.3) is 0 Å². The fourth-order valence-electron chi connectivity index (χ4n) is 1.76. The SMILES string of the molecule is COCC(C)CNCc1cc(F)cc(/C(N)=N/O)c1. The Hall–Kier alpha value is -1.66. The van der Waals surface area contributed by atoms with E-state index in [1.165, 1.54) is 12.1 Å². The lowest BCUT2D eigenvalue weighted by atomic mass is 10.1. The molecule has 1 aromatic carbocycles. The van der Waals surface area contributed by atoms with Gasteiger partial charge in [-0.3, -0.25) is 0 Å². The first-order chi connectivity index (χ1) is 9.06. The third-order valence-electron chi connectivity index (χ3n) is 2.63. The average Bonchev–Trinajstić information content (AvgIpc) is 2.37. The summed E-state index contributed by atoms with van der Waals surface area (Å²) in [5.41, 5.74) is 6.55. The summed E-state index contributed by atoms with van der Waals surface area (Å²) in [5.74, 6) is -0.138. The minimum atomic E-state index is -0.411. The van der Waals surface area contributed by atoms with Crippen molar-refractivity contribution in [3.05, 3.63) is 35.1 Å². The van der Waals surface area contributed by atoms with Gasteiger partial charge in [-0.05, 0) is 29.7 Å². The zero-order valence-corrected chi connectivity index (χ0v) is 11.2. The van der Waals surface area contributed by atoms with E-state index in [4.69, 9.17) is 15.7 Å². The van der Waals surface area contributed by atoms with Crippen LogP contribution in [0.25, 0.3) is 0 Å². The molecule has 6 heteroatoms. The topological polar surface area (TPSA) is 79.9 Å². The summed E-state index contributed by atoms with van der Waals surface area (Å²) in [5, 5.41) is 14.7. The first-order valence-corrected chi connectivity index (χ1v) is 6.03. The number of benzene rings is 1. The molecule has 0 radical (unpaired) electrons. The highest BCUT2D eigenvalue weighted by molar-refractivity contribution is 5.97. The Morgan fingerprint density at radius 2 is 2.26 bits per heavy atom. The van der Waals surface area contributed by atoms with E-state index in [1.807, 2.05) is 0 Å². The summed E-state index contributed by atoms with van der Waals surface area (Å²) in [4.78, 5) is 0. The molecule has 0 saturated heterocycles. The maximum absolute atomic E-state index is 13.4. The van der Waals surface area contributed by atoms with E-state index in [-0.39, 0.29) is 5.84 Å². The number of hydrogen-bond donors (Lipinski definition) is 3. The maximum Gasteiger partial charge on any atom is 0.170 e. The van der Waals surface area contributed by atoms with Crippen LogP contribution in [0.2, 0.25) is 0 Å². The van der Waals surface area contributed by atoms with Crippen LogP contribution >= 0.6 is 0 Å². The molecule has 0 spiro atoms. The van der Waals surface area contributed by atoms with Gasteiger partial charge in [0.05, 0.1) is 0 Å². The molecule has 0 fully saturated rings. The number of rotatable bonds is 7. The third kappa shape index (κ3) is 5.23. The van der Waals surface area contributed by atoms with Crippen molar-refractivity contribution in [2.75, 3.05) is 20.3 Å². The summed E-state index contributed by atoms with van der Waals surface area (Å²) in [6.45, 7) is 4.01. The summed E-state index contributed by atoms with van der Waals surface area (Å²) >= 11 is 0.